The van der Waals surface area contributed by atoms with Crippen LogP contribution in [-0.2, 0) is 4.74 Å². The number of amides is 1. The van der Waals surface area contributed by atoms with Crippen LogP contribution in [0.3, 0.4) is 0 Å². The van der Waals surface area contributed by atoms with Crippen molar-refractivity contribution in [1.82, 2.24) is 14.5 Å². The van der Waals surface area contributed by atoms with Crippen molar-refractivity contribution < 1.29 is 14.6 Å². The zero-order valence-corrected chi connectivity index (χ0v) is 15.9. The topological polar surface area (TPSA) is 67.6 Å². The zero-order chi connectivity index (χ0) is 19.0. The molecule has 1 aromatic heterocycles. The number of ether oxygens (including phenoxy) is 1. The molecule has 1 saturated carbocycles. The molecule has 0 bridgehead atoms. The van der Waals surface area contributed by atoms with Crippen LogP contribution in [0.4, 0.5) is 4.79 Å². The number of carbonyl (C=O) groups excluding carboxylic acids is 1. The van der Waals surface area contributed by atoms with Gasteiger partial charge in [-0.05, 0) is 32.8 Å². The first-order valence-electron chi connectivity index (χ1n) is 9.56. The maximum Gasteiger partial charge on any atom is 0.410 e. The summed E-state index contributed by atoms with van der Waals surface area (Å²) >= 11 is 0. The molecule has 2 aliphatic heterocycles. The predicted molar refractivity (Wildman–Crippen MR) is 100 cm³/mol. The largest absolute Gasteiger partial charge is 0.444 e. The van der Waals surface area contributed by atoms with E-state index in [1.165, 1.54) is 11.1 Å². The van der Waals surface area contributed by atoms with Crippen molar-refractivity contribution >= 4 is 6.09 Å². The lowest BCUT2D eigenvalue weighted by Crippen LogP contribution is -2.72. The molecule has 1 aliphatic carbocycles. The van der Waals surface area contributed by atoms with Gasteiger partial charge in [-0.15, -0.1) is 0 Å². The molecule has 5 rings (SSSR count). The number of fused-ring (bicyclic) bond motifs is 3. The van der Waals surface area contributed by atoms with Gasteiger partial charge in [0.15, 0.2) is 0 Å². The average molecular weight is 367 g/mol. The van der Waals surface area contributed by atoms with E-state index in [0.29, 0.717) is 13.1 Å². The molecular weight excluding hydrogens is 342 g/mol. The Balaban J connectivity index is 1.32. The molecule has 142 valence electrons. The Labute approximate surface area is 158 Å². The molecule has 3 heterocycles. The van der Waals surface area contributed by atoms with E-state index in [4.69, 9.17) is 4.74 Å². The average Bonchev–Trinajstić information content (AvgIpc) is 3.13. The number of aromatic nitrogens is 2. The van der Waals surface area contributed by atoms with Crippen LogP contribution < -0.4 is 0 Å². The molecule has 6 nitrogen and oxygen atoms in total. The number of aliphatic hydroxyl groups excluding tert-OH is 1. The van der Waals surface area contributed by atoms with E-state index < -0.39 is 11.7 Å². The van der Waals surface area contributed by atoms with Gasteiger partial charge in [-0.3, -0.25) is 0 Å². The lowest BCUT2D eigenvalue weighted by Gasteiger charge is -2.63. The molecule has 1 saturated heterocycles. The molecule has 2 fully saturated rings. The van der Waals surface area contributed by atoms with Crippen LogP contribution in [-0.4, -0.2) is 50.4 Å². The van der Waals surface area contributed by atoms with Crippen LogP contribution >= 0.6 is 0 Å². The Morgan fingerprint density at radius 2 is 2.04 bits per heavy atom. The van der Waals surface area contributed by atoms with E-state index in [1.807, 2.05) is 39.4 Å². The highest BCUT2D eigenvalue weighted by Gasteiger charge is 2.63. The normalized spacial score (nSPS) is 27.6. The molecule has 1 aromatic carbocycles. The smallest absolute Gasteiger partial charge is 0.410 e. The van der Waals surface area contributed by atoms with E-state index in [1.54, 1.807) is 4.90 Å². The summed E-state index contributed by atoms with van der Waals surface area (Å²) in [4.78, 5) is 18.2. The van der Waals surface area contributed by atoms with Crippen LogP contribution in [0.25, 0.3) is 11.3 Å². The third kappa shape index (κ3) is 2.35. The van der Waals surface area contributed by atoms with E-state index >= 15 is 0 Å². The molecule has 3 atom stereocenters. The number of aliphatic hydroxyl groups is 1. The first-order chi connectivity index (χ1) is 12.8. The zero-order valence-electron chi connectivity index (χ0n) is 15.9. The van der Waals surface area contributed by atoms with Crippen LogP contribution in [0.1, 0.15) is 38.8 Å². The fraction of sp³-hybridized carbons (Fsp3) is 0.524. The molecule has 1 spiro atoms. The maximum absolute atomic E-state index is 12.2. The van der Waals surface area contributed by atoms with Crippen molar-refractivity contribution in [1.29, 1.82) is 0 Å². The summed E-state index contributed by atoms with van der Waals surface area (Å²) < 4.78 is 7.63. The first-order valence-corrected chi connectivity index (χ1v) is 9.56. The summed E-state index contributed by atoms with van der Waals surface area (Å²) in [6.07, 6.45) is 3.96. The summed E-state index contributed by atoms with van der Waals surface area (Å²) in [7, 11) is 0. The van der Waals surface area contributed by atoms with Crippen molar-refractivity contribution in [3.8, 4) is 11.3 Å². The molecule has 27 heavy (non-hydrogen) atoms. The van der Waals surface area contributed by atoms with Gasteiger partial charge in [-0.2, -0.15) is 0 Å². The van der Waals surface area contributed by atoms with Gasteiger partial charge in [-0.1, -0.05) is 24.3 Å². The number of carbonyl (C=O) groups is 1. The summed E-state index contributed by atoms with van der Waals surface area (Å²) in [5.74, 6) is 0.141. The summed E-state index contributed by atoms with van der Waals surface area (Å²) in [6, 6.07) is 8.49. The number of likely N-dealkylation sites (tertiary alicyclic amines) is 1. The molecule has 3 aliphatic rings. The first kappa shape index (κ1) is 16.8. The Kier molecular flexibility index (Phi) is 3.33. The predicted octanol–water partition coefficient (Wildman–Crippen LogP) is 3.07. The van der Waals surface area contributed by atoms with Gasteiger partial charge in [0.1, 0.15) is 5.60 Å². The third-order valence-electron chi connectivity index (χ3n) is 6.27. The van der Waals surface area contributed by atoms with Gasteiger partial charge in [-0.25, -0.2) is 9.78 Å². The van der Waals surface area contributed by atoms with Gasteiger partial charge >= 0.3 is 6.09 Å². The molecular formula is C21H25N3O3. The minimum absolute atomic E-state index is 0.120. The van der Waals surface area contributed by atoms with Crippen LogP contribution in [0.2, 0.25) is 0 Å². The second kappa shape index (κ2) is 5.35. The lowest BCUT2D eigenvalue weighted by atomic mass is 9.53. The second-order valence-corrected chi connectivity index (χ2v) is 9.23. The molecule has 2 aromatic rings. The molecule has 0 radical (unpaired) electrons. The van der Waals surface area contributed by atoms with Crippen molar-refractivity contribution in [2.24, 2.45) is 11.3 Å². The molecule has 1 N–H and O–H groups in total. The number of nitrogens with zero attached hydrogens (tertiary/aromatic N) is 3. The minimum Gasteiger partial charge on any atom is -0.444 e. The van der Waals surface area contributed by atoms with Crippen LogP contribution in [0.15, 0.2) is 36.8 Å². The number of hydrogen-bond acceptors (Lipinski definition) is 4. The Morgan fingerprint density at radius 1 is 1.30 bits per heavy atom. The SMILES string of the molecule is CC(C)(C)OC(=O)N1CC2(C[C@H]([C@@H]3c4ccccc4-c4cncn43)[C@@H]2O)C1. The van der Waals surface area contributed by atoms with E-state index in [2.05, 4.69) is 27.8 Å². The number of benzene rings is 1. The van der Waals surface area contributed by atoms with E-state index in [-0.39, 0.29) is 23.5 Å². The van der Waals surface area contributed by atoms with E-state index in [9.17, 15) is 9.90 Å². The Hall–Kier alpha value is -2.34. The van der Waals surface area contributed by atoms with Crippen molar-refractivity contribution in [3.63, 3.8) is 0 Å². The van der Waals surface area contributed by atoms with Gasteiger partial charge in [0, 0.05) is 30.0 Å². The van der Waals surface area contributed by atoms with Crippen LogP contribution in [0.5, 0.6) is 0 Å². The summed E-state index contributed by atoms with van der Waals surface area (Å²) in [5, 5.41) is 11.0. The lowest BCUT2D eigenvalue weighted by molar-refractivity contribution is -0.197. The van der Waals surface area contributed by atoms with E-state index in [0.717, 1.165) is 12.1 Å². The molecule has 6 heteroatoms. The Bertz CT molecular complexity index is 907. The molecule has 0 unspecified atom stereocenters. The van der Waals surface area contributed by atoms with Gasteiger partial charge in [0.2, 0.25) is 0 Å². The van der Waals surface area contributed by atoms with Crippen molar-refractivity contribution in [2.75, 3.05) is 13.1 Å². The third-order valence-corrected chi connectivity index (χ3v) is 6.27. The van der Waals surface area contributed by atoms with Gasteiger partial charge in [0.05, 0.1) is 30.4 Å². The van der Waals surface area contributed by atoms with Crippen molar-refractivity contribution in [3.05, 3.63) is 42.4 Å². The maximum atomic E-state index is 12.2. The minimum atomic E-state index is -0.494. The monoisotopic (exact) mass is 367 g/mol. The standard InChI is InChI=1S/C21H25N3O3/c1-20(2,3)27-19(26)23-10-21(11-23)8-15(18(21)25)17-14-7-5-4-6-13(14)16-9-22-12-24(16)17/h4-7,9,12,15,17-18,25H,8,10-11H2,1-3H3/t15-,17+,18+/m1/s1. The second-order valence-electron chi connectivity index (χ2n) is 9.23. The quantitative estimate of drug-likeness (QED) is 0.841. The highest BCUT2D eigenvalue weighted by molar-refractivity contribution is 5.70. The highest BCUT2D eigenvalue weighted by Crippen LogP contribution is 2.59. The Morgan fingerprint density at radius 3 is 2.74 bits per heavy atom. The van der Waals surface area contributed by atoms with Crippen LogP contribution in [0, 0.1) is 11.3 Å². The number of hydrogen-bond donors (Lipinski definition) is 1. The fourth-order valence-electron chi connectivity index (χ4n) is 5.08. The summed E-state index contributed by atoms with van der Waals surface area (Å²) in [5.41, 5.74) is 2.91. The molecule has 1 amide bonds. The van der Waals surface area contributed by atoms with Gasteiger partial charge in [0.25, 0.3) is 0 Å². The highest BCUT2D eigenvalue weighted by atomic mass is 16.6. The summed E-state index contributed by atoms with van der Waals surface area (Å²) in [6.45, 7) is 6.76. The van der Waals surface area contributed by atoms with Crippen molar-refractivity contribution in [2.45, 2.75) is 44.9 Å². The fourth-order valence-corrected chi connectivity index (χ4v) is 5.08. The van der Waals surface area contributed by atoms with Gasteiger partial charge < -0.3 is 19.3 Å². The number of rotatable bonds is 1. The number of imidazole rings is 1.